The first-order chi connectivity index (χ1) is 16.4. The second-order valence-corrected chi connectivity index (χ2v) is 8.67. The lowest BCUT2D eigenvalue weighted by Crippen LogP contribution is -2.37. The van der Waals surface area contributed by atoms with E-state index in [0.29, 0.717) is 43.4 Å². The number of carboxylic acid groups (broad SMARTS) is 1. The van der Waals surface area contributed by atoms with Gasteiger partial charge in [-0.25, -0.2) is 4.52 Å². The first kappa shape index (κ1) is 23.5. The Morgan fingerprint density at radius 1 is 1.29 bits per heavy atom. The average Bonchev–Trinajstić information content (AvgIpc) is 3.60. The van der Waals surface area contributed by atoms with Crippen molar-refractivity contribution in [3.63, 3.8) is 0 Å². The second kappa shape index (κ2) is 10.1. The molecule has 3 aromatic heterocycles. The fourth-order valence-corrected chi connectivity index (χ4v) is 4.83. The van der Waals surface area contributed by atoms with Crippen molar-refractivity contribution in [1.82, 2.24) is 39.5 Å². The maximum absolute atomic E-state index is 13.1. The Kier molecular flexibility index (Phi) is 6.96. The Labute approximate surface area is 196 Å². The number of amides is 2. The number of carbonyl (C=O) groups is 3. The van der Waals surface area contributed by atoms with E-state index in [4.69, 9.17) is 9.90 Å². The van der Waals surface area contributed by atoms with Crippen LogP contribution in [0.2, 0.25) is 0 Å². The molecule has 2 aliphatic heterocycles. The average molecular weight is 471 g/mol. The van der Waals surface area contributed by atoms with Crippen LogP contribution in [-0.4, -0.2) is 90.3 Å². The minimum absolute atomic E-state index is 0.0660. The largest absolute Gasteiger partial charge is 0.483 e. The predicted molar refractivity (Wildman–Crippen MR) is 122 cm³/mol. The Morgan fingerprint density at radius 2 is 2.09 bits per heavy atom. The van der Waals surface area contributed by atoms with Crippen LogP contribution in [0.4, 0.5) is 0 Å². The predicted octanol–water partition coefficient (Wildman–Crippen LogP) is 0.509. The molecule has 5 heterocycles. The number of imidazole rings is 1. The highest BCUT2D eigenvalue weighted by molar-refractivity contribution is 6.00. The topological polar surface area (TPSA) is 141 Å². The number of hydrogen-bond acceptors (Lipinski definition) is 6. The van der Waals surface area contributed by atoms with Crippen molar-refractivity contribution in [2.75, 3.05) is 26.7 Å². The smallest absolute Gasteiger partial charge is 0.290 e. The number of aryl methyl sites for hydroxylation is 1. The normalized spacial score (nSPS) is 17.8. The SMILES string of the molecule is CN1CCCC1CCNC(=O)c1n[nH]c2c1CCN(C(=O)c1cnn3ccn(C)c13)C2.O=CO. The summed E-state index contributed by atoms with van der Waals surface area (Å²) in [4.78, 5) is 38.3. The highest BCUT2D eigenvalue weighted by Gasteiger charge is 2.30. The summed E-state index contributed by atoms with van der Waals surface area (Å²) in [7, 11) is 4.04. The standard InChI is InChI=1S/C21H28N8O2.CH2O2/c1-26-8-3-4-14(26)5-7-22-19(30)18-15-6-9-28(13-17(15)24-25-18)21(31)16-12-23-29-11-10-27(2)20(16)29;2-1-3/h10-12,14H,3-9,13H2,1-2H3,(H,22,30)(H,24,25);1H,(H,2,3). The van der Waals surface area contributed by atoms with Gasteiger partial charge < -0.3 is 24.8 Å². The summed E-state index contributed by atoms with van der Waals surface area (Å²) in [5.41, 5.74) is 3.55. The summed E-state index contributed by atoms with van der Waals surface area (Å²) in [5, 5.41) is 21.4. The Morgan fingerprint density at radius 3 is 2.82 bits per heavy atom. The van der Waals surface area contributed by atoms with E-state index >= 15 is 0 Å². The van der Waals surface area contributed by atoms with E-state index < -0.39 is 0 Å². The zero-order valence-electron chi connectivity index (χ0n) is 19.4. The molecular formula is C22H30N8O4. The van der Waals surface area contributed by atoms with Crippen LogP contribution in [0.3, 0.4) is 0 Å². The molecule has 0 spiro atoms. The molecule has 3 aromatic rings. The van der Waals surface area contributed by atoms with E-state index in [1.165, 1.54) is 12.8 Å². The number of fused-ring (bicyclic) bond motifs is 2. The van der Waals surface area contributed by atoms with E-state index in [1.54, 1.807) is 15.6 Å². The van der Waals surface area contributed by atoms with E-state index in [2.05, 4.69) is 32.6 Å². The fraction of sp³-hybridized carbons (Fsp3) is 0.500. The van der Waals surface area contributed by atoms with Crippen LogP contribution in [0.5, 0.6) is 0 Å². The van der Waals surface area contributed by atoms with Gasteiger partial charge in [0, 0.05) is 44.1 Å². The van der Waals surface area contributed by atoms with Gasteiger partial charge in [-0.15, -0.1) is 0 Å². The van der Waals surface area contributed by atoms with E-state index in [9.17, 15) is 9.59 Å². The van der Waals surface area contributed by atoms with Crippen LogP contribution >= 0.6 is 0 Å². The van der Waals surface area contributed by atoms with Crippen LogP contribution in [0.15, 0.2) is 18.6 Å². The molecule has 0 aromatic carbocycles. The summed E-state index contributed by atoms with van der Waals surface area (Å²) in [6.07, 6.45) is 9.29. The van der Waals surface area contributed by atoms with Crippen molar-refractivity contribution in [2.45, 2.75) is 38.3 Å². The third-order valence-corrected chi connectivity index (χ3v) is 6.64. The van der Waals surface area contributed by atoms with Gasteiger partial charge in [0.05, 0.1) is 18.4 Å². The Hall–Kier alpha value is -3.67. The molecule has 2 amide bonds. The monoisotopic (exact) mass is 470 g/mol. The van der Waals surface area contributed by atoms with Crippen LogP contribution in [0.1, 0.15) is 51.4 Å². The molecule has 0 radical (unpaired) electrons. The lowest BCUT2D eigenvalue weighted by molar-refractivity contribution is -0.122. The number of carbonyl (C=O) groups excluding carboxylic acids is 2. The first-order valence-electron chi connectivity index (χ1n) is 11.3. The van der Waals surface area contributed by atoms with Crippen molar-refractivity contribution < 1.29 is 19.5 Å². The summed E-state index contributed by atoms with van der Waals surface area (Å²) in [5.74, 6) is -0.205. The molecule has 12 nitrogen and oxygen atoms in total. The third kappa shape index (κ3) is 4.53. The number of H-pyrrole nitrogens is 1. The van der Waals surface area contributed by atoms with Gasteiger partial charge in [0.25, 0.3) is 18.3 Å². The minimum atomic E-state index is -0.250. The first-order valence-corrected chi connectivity index (χ1v) is 11.3. The molecule has 12 heteroatoms. The molecule has 2 aliphatic rings. The summed E-state index contributed by atoms with van der Waals surface area (Å²) in [6, 6.07) is 0.549. The fourth-order valence-electron chi connectivity index (χ4n) is 4.83. The van der Waals surface area contributed by atoms with Crippen molar-refractivity contribution >= 4 is 23.9 Å². The highest BCUT2D eigenvalue weighted by Crippen LogP contribution is 2.23. The molecule has 1 saturated heterocycles. The number of nitrogens with one attached hydrogen (secondary N) is 2. The van der Waals surface area contributed by atoms with E-state index in [0.717, 1.165) is 29.9 Å². The van der Waals surface area contributed by atoms with Crippen LogP contribution < -0.4 is 5.32 Å². The number of aromatic nitrogens is 5. The lowest BCUT2D eigenvalue weighted by atomic mass is 10.0. The molecule has 1 atom stereocenters. The Balaban J connectivity index is 0.000000868. The zero-order chi connectivity index (χ0) is 24.2. The molecule has 34 heavy (non-hydrogen) atoms. The maximum atomic E-state index is 13.1. The minimum Gasteiger partial charge on any atom is -0.483 e. The number of nitrogens with zero attached hydrogens (tertiary/aromatic N) is 6. The maximum Gasteiger partial charge on any atom is 0.290 e. The summed E-state index contributed by atoms with van der Waals surface area (Å²) < 4.78 is 3.59. The molecule has 182 valence electrons. The van der Waals surface area contributed by atoms with Gasteiger partial charge in [-0.2, -0.15) is 10.2 Å². The molecule has 0 saturated carbocycles. The third-order valence-electron chi connectivity index (χ3n) is 6.64. The van der Waals surface area contributed by atoms with E-state index in [1.807, 2.05) is 24.0 Å². The van der Waals surface area contributed by atoms with Crippen molar-refractivity contribution in [3.8, 4) is 0 Å². The van der Waals surface area contributed by atoms with Crippen molar-refractivity contribution in [3.05, 3.63) is 41.1 Å². The van der Waals surface area contributed by atoms with Gasteiger partial charge in [-0.05, 0) is 39.3 Å². The molecular weight excluding hydrogens is 440 g/mol. The molecule has 0 aliphatic carbocycles. The lowest BCUT2D eigenvalue weighted by Gasteiger charge is -2.26. The Bertz CT molecular complexity index is 1180. The van der Waals surface area contributed by atoms with E-state index in [-0.39, 0.29) is 18.3 Å². The quantitative estimate of drug-likeness (QED) is 0.462. The molecule has 5 rings (SSSR count). The van der Waals surface area contributed by atoms with Crippen LogP contribution in [-0.2, 0) is 24.8 Å². The van der Waals surface area contributed by atoms with Crippen molar-refractivity contribution in [2.24, 2.45) is 7.05 Å². The summed E-state index contributed by atoms with van der Waals surface area (Å²) in [6.45, 7) is 2.48. The molecule has 1 unspecified atom stereocenters. The molecule has 0 bridgehead atoms. The molecule has 3 N–H and O–H groups in total. The van der Waals surface area contributed by atoms with Crippen LogP contribution in [0, 0.1) is 0 Å². The number of likely N-dealkylation sites (tertiary alicyclic amines) is 1. The number of aromatic amines is 1. The van der Waals surface area contributed by atoms with Gasteiger partial charge in [0.2, 0.25) is 0 Å². The van der Waals surface area contributed by atoms with Crippen LogP contribution in [0.25, 0.3) is 5.65 Å². The summed E-state index contributed by atoms with van der Waals surface area (Å²) >= 11 is 0. The van der Waals surface area contributed by atoms with Gasteiger partial charge in [-0.1, -0.05) is 0 Å². The van der Waals surface area contributed by atoms with Gasteiger partial charge in [0.1, 0.15) is 11.2 Å². The highest BCUT2D eigenvalue weighted by atomic mass is 16.3. The van der Waals surface area contributed by atoms with Gasteiger partial charge in [0.15, 0.2) is 5.69 Å². The zero-order valence-corrected chi connectivity index (χ0v) is 19.4. The van der Waals surface area contributed by atoms with Gasteiger partial charge in [-0.3, -0.25) is 19.5 Å². The molecule has 1 fully saturated rings. The van der Waals surface area contributed by atoms with Gasteiger partial charge >= 0.3 is 0 Å². The second-order valence-electron chi connectivity index (χ2n) is 8.67. The number of hydrogen-bond donors (Lipinski definition) is 3. The number of rotatable bonds is 5. The van der Waals surface area contributed by atoms with Crippen molar-refractivity contribution in [1.29, 1.82) is 0 Å².